The van der Waals surface area contributed by atoms with Crippen LogP contribution in [-0.4, -0.2) is 72.7 Å². The first-order chi connectivity index (χ1) is 21.0. The lowest BCUT2D eigenvalue weighted by Gasteiger charge is -2.31. The summed E-state index contributed by atoms with van der Waals surface area (Å²) >= 11 is 3.59. The van der Waals surface area contributed by atoms with Gasteiger partial charge >= 0.3 is 0 Å². The molecule has 1 spiro atoms. The van der Waals surface area contributed by atoms with Crippen LogP contribution in [0.3, 0.4) is 0 Å². The second-order valence-electron chi connectivity index (χ2n) is 12.4. The van der Waals surface area contributed by atoms with Crippen molar-refractivity contribution in [3.05, 3.63) is 70.0 Å². The van der Waals surface area contributed by atoms with Gasteiger partial charge in [-0.2, -0.15) is 0 Å². The Morgan fingerprint density at radius 3 is 2.68 bits per heavy atom. The fraction of sp³-hybridized carbons (Fsp3) is 0.484. The van der Waals surface area contributed by atoms with E-state index in [2.05, 4.69) is 31.6 Å². The molecule has 0 bridgehead atoms. The Morgan fingerprint density at radius 1 is 1.20 bits per heavy atom. The highest BCUT2D eigenvalue weighted by atomic mass is 79.9. The quantitative estimate of drug-likeness (QED) is 0.260. The van der Waals surface area contributed by atoms with E-state index >= 15 is 4.11 Å². The third kappa shape index (κ3) is 5.53. The van der Waals surface area contributed by atoms with Crippen LogP contribution in [0.15, 0.2) is 53.1 Å². The second-order valence-corrected chi connectivity index (χ2v) is 17.2. The van der Waals surface area contributed by atoms with Crippen molar-refractivity contribution < 1.29 is 23.5 Å². The number of rotatable bonds is 9. The van der Waals surface area contributed by atoms with Gasteiger partial charge in [-0.1, -0.05) is 40.2 Å². The molecule has 6 rings (SSSR count). The molecule has 4 atom stereocenters. The summed E-state index contributed by atoms with van der Waals surface area (Å²) in [4.78, 5) is 30.5. The Bertz CT molecular complexity index is 1550. The molecule has 3 aliphatic rings. The van der Waals surface area contributed by atoms with Crippen LogP contribution in [-0.2, 0) is 39.4 Å². The highest BCUT2D eigenvalue weighted by Gasteiger charge is 2.66. The SMILES string of the molecule is C[C@H]1[C@H]([Si](C)(C)F)[C@@H](CCn2cc(CCO)nn2)O[C@]12C(=O)N(Cc1ccc(N3CCNCC3=O)cc1)c1ccc(Br)cc12. The molecule has 2 aromatic carbocycles. The number of aliphatic hydroxyl groups is 1. The maximum Gasteiger partial charge on any atom is 0.264 e. The number of hydrogen-bond acceptors (Lipinski definition) is 7. The molecule has 0 aliphatic carbocycles. The zero-order valence-corrected chi connectivity index (χ0v) is 27.8. The van der Waals surface area contributed by atoms with E-state index < -0.39 is 31.6 Å². The number of ether oxygens (including phenoxy) is 1. The number of aryl methyl sites for hydroxylation is 1. The van der Waals surface area contributed by atoms with Gasteiger partial charge in [0.2, 0.25) is 14.3 Å². The molecule has 2 N–H and O–H groups in total. The van der Waals surface area contributed by atoms with Crippen molar-refractivity contribution in [3.8, 4) is 0 Å². The van der Waals surface area contributed by atoms with E-state index in [1.54, 1.807) is 33.8 Å². The van der Waals surface area contributed by atoms with Crippen molar-refractivity contribution >= 4 is 47.5 Å². The molecule has 0 radical (unpaired) electrons. The monoisotopic (exact) mass is 684 g/mol. The standard InChI is InChI=1S/C31H38BrFN6O4Si/c1-20-29(44(2,3)33)27(10-13-37-19-23(11-15-40)35-36-37)43-31(20)25-16-22(32)6-9-26(25)39(30(31)42)18-21-4-7-24(8-5-21)38-14-12-34-17-28(38)41/h4-9,16,19-20,27,29,34,40H,10-15,17-18H2,1-3H3/t20-,27+,29-,31+/m0/s1. The van der Waals surface area contributed by atoms with Gasteiger partial charge in [-0.05, 0) is 55.4 Å². The number of carbonyl (C=O) groups is 2. The van der Waals surface area contributed by atoms with E-state index in [1.165, 1.54) is 0 Å². The Kier molecular flexibility index (Phi) is 8.52. The number of hydrogen-bond donors (Lipinski definition) is 2. The van der Waals surface area contributed by atoms with Gasteiger partial charge in [0.1, 0.15) is 0 Å². The highest BCUT2D eigenvalue weighted by Crippen LogP contribution is 2.60. The number of carbonyl (C=O) groups excluding carboxylic acids is 2. The van der Waals surface area contributed by atoms with Gasteiger partial charge in [-0.3, -0.25) is 14.3 Å². The lowest BCUT2D eigenvalue weighted by Crippen LogP contribution is -2.48. The van der Waals surface area contributed by atoms with Crippen LogP contribution in [0, 0.1) is 5.92 Å². The molecule has 2 amide bonds. The number of nitrogens with one attached hydrogen (secondary N) is 1. The third-order valence-electron chi connectivity index (χ3n) is 9.20. The zero-order valence-electron chi connectivity index (χ0n) is 25.2. The van der Waals surface area contributed by atoms with Crippen molar-refractivity contribution in [2.45, 2.75) is 63.2 Å². The van der Waals surface area contributed by atoms with Crippen molar-refractivity contribution in [2.24, 2.45) is 5.92 Å². The number of anilines is 2. The third-order valence-corrected chi connectivity index (χ3v) is 12.1. The first-order valence-corrected chi connectivity index (χ1v) is 18.9. The molecule has 2 saturated heterocycles. The minimum absolute atomic E-state index is 0.0122. The maximum atomic E-state index is 16.1. The molecule has 4 heterocycles. The molecule has 1 aromatic heterocycles. The maximum absolute atomic E-state index is 16.1. The van der Waals surface area contributed by atoms with E-state index in [1.807, 2.05) is 49.4 Å². The molecule has 44 heavy (non-hydrogen) atoms. The number of amides is 2. The van der Waals surface area contributed by atoms with Gasteiger partial charge in [0, 0.05) is 66.0 Å². The summed E-state index contributed by atoms with van der Waals surface area (Å²) < 4.78 is 25.5. The summed E-state index contributed by atoms with van der Waals surface area (Å²) in [5, 5.41) is 20.6. The molecule has 13 heteroatoms. The molecule has 2 fully saturated rings. The minimum Gasteiger partial charge on any atom is -0.396 e. The van der Waals surface area contributed by atoms with Crippen molar-refractivity contribution in [2.75, 3.05) is 36.0 Å². The van der Waals surface area contributed by atoms with Crippen LogP contribution in [0.1, 0.15) is 30.2 Å². The second kappa shape index (κ2) is 12.1. The van der Waals surface area contributed by atoms with E-state index in [4.69, 9.17) is 4.74 Å². The number of nitrogens with zero attached hydrogens (tertiary/aromatic N) is 5. The number of aliphatic hydroxyl groups excluding tert-OH is 1. The van der Waals surface area contributed by atoms with Gasteiger partial charge in [-0.15, -0.1) is 5.10 Å². The van der Waals surface area contributed by atoms with Crippen LogP contribution >= 0.6 is 15.9 Å². The zero-order chi connectivity index (χ0) is 31.2. The van der Waals surface area contributed by atoms with Gasteiger partial charge in [-0.25, -0.2) is 0 Å². The van der Waals surface area contributed by atoms with E-state index in [0.29, 0.717) is 44.7 Å². The molecule has 0 unspecified atom stereocenters. The van der Waals surface area contributed by atoms with Crippen LogP contribution in [0.5, 0.6) is 0 Å². The van der Waals surface area contributed by atoms with Crippen molar-refractivity contribution in [1.29, 1.82) is 0 Å². The molecule has 0 saturated carbocycles. The Hall–Kier alpha value is -2.97. The fourth-order valence-corrected chi connectivity index (χ4v) is 10.1. The first-order valence-electron chi connectivity index (χ1n) is 15.1. The normalized spacial score (nSPS) is 25.4. The summed E-state index contributed by atoms with van der Waals surface area (Å²) in [6.45, 7) is 7.79. The van der Waals surface area contributed by atoms with Crippen LogP contribution in [0.4, 0.5) is 15.5 Å². The number of fused-ring (bicyclic) bond motifs is 2. The minimum atomic E-state index is -3.30. The Balaban J connectivity index is 1.29. The Morgan fingerprint density at radius 2 is 1.98 bits per heavy atom. The number of piperazine rings is 1. The summed E-state index contributed by atoms with van der Waals surface area (Å²) in [5.74, 6) is -0.548. The lowest BCUT2D eigenvalue weighted by atomic mass is 9.82. The molecule has 3 aromatic rings. The smallest absolute Gasteiger partial charge is 0.264 e. The summed E-state index contributed by atoms with van der Waals surface area (Å²) in [5.41, 5.74) is 2.21. The predicted molar refractivity (Wildman–Crippen MR) is 170 cm³/mol. The largest absolute Gasteiger partial charge is 0.396 e. The number of halogens is 2. The fourth-order valence-electron chi connectivity index (χ4n) is 7.23. The summed E-state index contributed by atoms with van der Waals surface area (Å²) in [6, 6.07) is 13.5. The Labute approximate surface area is 265 Å². The summed E-state index contributed by atoms with van der Waals surface area (Å²) in [6.07, 6.45) is 2.19. The highest BCUT2D eigenvalue weighted by molar-refractivity contribution is 9.10. The number of benzene rings is 2. The van der Waals surface area contributed by atoms with Crippen LogP contribution in [0.2, 0.25) is 18.6 Å². The summed E-state index contributed by atoms with van der Waals surface area (Å²) in [7, 11) is -3.30. The van der Waals surface area contributed by atoms with Crippen molar-refractivity contribution in [3.63, 3.8) is 0 Å². The molecule has 10 nitrogen and oxygen atoms in total. The van der Waals surface area contributed by atoms with E-state index in [9.17, 15) is 14.7 Å². The van der Waals surface area contributed by atoms with Gasteiger partial charge in [0.15, 0.2) is 5.60 Å². The lowest BCUT2D eigenvalue weighted by molar-refractivity contribution is -0.146. The van der Waals surface area contributed by atoms with E-state index in [0.717, 1.165) is 33.5 Å². The molecule has 3 aliphatic heterocycles. The molecule has 234 valence electrons. The van der Waals surface area contributed by atoms with Gasteiger partial charge in [0.25, 0.3) is 5.91 Å². The topological polar surface area (TPSA) is 113 Å². The van der Waals surface area contributed by atoms with Crippen LogP contribution in [0.25, 0.3) is 0 Å². The molecular weight excluding hydrogens is 647 g/mol. The first kappa shape index (κ1) is 31.0. The van der Waals surface area contributed by atoms with Gasteiger partial charge < -0.3 is 29.1 Å². The van der Waals surface area contributed by atoms with E-state index in [-0.39, 0.29) is 18.4 Å². The molecular formula is C31H38BrFN6O4Si. The van der Waals surface area contributed by atoms with Crippen molar-refractivity contribution in [1.82, 2.24) is 20.3 Å². The predicted octanol–water partition coefficient (Wildman–Crippen LogP) is 3.92. The number of aromatic nitrogens is 3. The average Bonchev–Trinajstić information content (AvgIpc) is 3.63. The van der Waals surface area contributed by atoms with Crippen LogP contribution < -0.4 is 15.1 Å². The average molecular weight is 686 g/mol. The van der Waals surface area contributed by atoms with Gasteiger partial charge in [0.05, 0.1) is 30.6 Å².